The molecule has 2 rings (SSSR count). The fourth-order valence-corrected chi connectivity index (χ4v) is 1.93. The van der Waals surface area contributed by atoms with Crippen LogP contribution in [-0.2, 0) is 10.9 Å². The molecule has 0 atom stereocenters. The Morgan fingerprint density at radius 1 is 1.24 bits per heavy atom. The van der Waals surface area contributed by atoms with E-state index in [4.69, 9.17) is 5.73 Å². The minimum Gasteiger partial charge on any atom is -0.465 e. The van der Waals surface area contributed by atoms with E-state index in [0.717, 1.165) is 19.4 Å². The van der Waals surface area contributed by atoms with Gasteiger partial charge in [0.05, 0.1) is 18.2 Å². The van der Waals surface area contributed by atoms with Gasteiger partial charge in [0, 0.05) is 11.8 Å². The Bertz CT molecular complexity index is 684. The number of methoxy groups -OCH3 is 1. The lowest BCUT2D eigenvalue weighted by molar-refractivity contribution is -0.137. The van der Waals surface area contributed by atoms with E-state index < -0.39 is 17.7 Å². The number of halogens is 3. The molecule has 1 aromatic carbocycles. The monoisotopic (exact) mass is 296 g/mol. The molecule has 0 bridgehead atoms. The molecule has 0 aliphatic heterocycles. The first-order valence-electron chi connectivity index (χ1n) is 5.85. The van der Waals surface area contributed by atoms with Crippen molar-refractivity contribution in [3.8, 4) is 11.1 Å². The Labute approximate surface area is 118 Å². The number of anilines is 1. The van der Waals surface area contributed by atoms with E-state index in [2.05, 4.69) is 9.72 Å². The van der Waals surface area contributed by atoms with Crippen molar-refractivity contribution in [2.24, 2.45) is 0 Å². The van der Waals surface area contributed by atoms with Crippen molar-refractivity contribution in [1.82, 2.24) is 4.98 Å². The number of rotatable bonds is 2. The zero-order valence-corrected chi connectivity index (χ0v) is 10.9. The van der Waals surface area contributed by atoms with Crippen LogP contribution in [0.25, 0.3) is 11.1 Å². The van der Waals surface area contributed by atoms with Crippen LogP contribution in [-0.4, -0.2) is 18.1 Å². The van der Waals surface area contributed by atoms with Gasteiger partial charge < -0.3 is 10.5 Å². The third kappa shape index (κ3) is 2.96. The summed E-state index contributed by atoms with van der Waals surface area (Å²) < 4.78 is 43.8. The van der Waals surface area contributed by atoms with Gasteiger partial charge in [-0.2, -0.15) is 13.2 Å². The molecule has 0 fully saturated rings. The Balaban J connectivity index is 2.71. The van der Waals surface area contributed by atoms with Gasteiger partial charge in [0.2, 0.25) is 0 Å². The van der Waals surface area contributed by atoms with Crippen LogP contribution >= 0.6 is 0 Å². The molecular formula is C14H11F3N2O2. The van der Waals surface area contributed by atoms with Crippen LogP contribution in [0, 0.1) is 0 Å². The first-order valence-corrected chi connectivity index (χ1v) is 5.85. The Morgan fingerprint density at radius 2 is 1.90 bits per heavy atom. The minimum atomic E-state index is -4.55. The van der Waals surface area contributed by atoms with E-state index in [-0.39, 0.29) is 22.5 Å². The van der Waals surface area contributed by atoms with Crippen LogP contribution in [0.3, 0.4) is 0 Å². The highest BCUT2D eigenvalue weighted by Gasteiger charge is 2.34. The second-order valence-electron chi connectivity index (χ2n) is 4.19. The highest BCUT2D eigenvalue weighted by atomic mass is 19.4. The van der Waals surface area contributed by atoms with Crippen LogP contribution in [0.5, 0.6) is 0 Å². The first kappa shape index (κ1) is 14.8. The molecule has 0 aliphatic carbocycles. The summed E-state index contributed by atoms with van der Waals surface area (Å²) in [5.41, 5.74) is 4.42. The minimum absolute atomic E-state index is 0.0173. The molecule has 0 radical (unpaired) electrons. The molecule has 1 aromatic heterocycles. The second kappa shape index (κ2) is 5.43. The molecule has 21 heavy (non-hydrogen) atoms. The lowest BCUT2D eigenvalue weighted by Gasteiger charge is -2.15. The summed E-state index contributed by atoms with van der Waals surface area (Å²) >= 11 is 0. The maximum Gasteiger partial charge on any atom is 0.417 e. The Kier molecular flexibility index (Phi) is 3.84. The van der Waals surface area contributed by atoms with Gasteiger partial charge in [0.1, 0.15) is 5.82 Å². The maximum absolute atomic E-state index is 13.1. The van der Waals surface area contributed by atoms with E-state index in [1.165, 1.54) is 24.3 Å². The zero-order chi connectivity index (χ0) is 15.6. The summed E-state index contributed by atoms with van der Waals surface area (Å²) in [7, 11) is 1.14. The third-order valence-corrected chi connectivity index (χ3v) is 2.85. The predicted octanol–water partition coefficient (Wildman–Crippen LogP) is 3.14. The van der Waals surface area contributed by atoms with Gasteiger partial charge in [0.25, 0.3) is 0 Å². The van der Waals surface area contributed by atoms with E-state index in [1.807, 2.05) is 0 Å². The number of aromatic nitrogens is 1. The van der Waals surface area contributed by atoms with Crippen LogP contribution in [0.1, 0.15) is 15.9 Å². The number of carbonyl (C=O) groups is 1. The highest BCUT2D eigenvalue weighted by Crippen LogP contribution is 2.38. The summed E-state index contributed by atoms with van der Waals surface area (Å²) in [4.78, 5) is 15.5. The Morgan fingerprint density at radius 3 is 2.52 bits per heavy atom. The quantitative estimate of drug-likeness (QED) is 0.865. The van der Waals surface area contributed by atoms with Gasteiger partial charge in [-0.3, -0.25) is 0 Å². The van der Waals surface area contributed by atoms with Crippen molar-refractivity contribution in [3.63, 3.8) is 0 Å². The summed E-state index contributed by atoms with van der Waals surface area (Å²) in [5.74, 6) is -0.764. The lowest BCUT2D eigenvalue weighted by atomic mass is 9.96. The average molecular weight is 296 g/mol. The maximum atomic E-state index is 13.1. The van der Waals surface area contributed by atoms with Gasteiger partial charge in [-0.25, -0.2) is 9.78 Å². The number of nitrogens with zero attached hydrogens (tertiary/aromatic N) is 1. The number of nitrogen functional groups attached to an aromatic ring is 1. The van der Waals surface area contributed by atoms with Gasteiger partial charge in [-0.05, 0) is 17.7 Å². The average Bonchev–Trinajstić information content (AvgIpc) is 2.45. The fraction of sp³-hybridized carbons (Fsp3) is 0.143. The fourth-order valence-electron chi connectivity index (χ4n) is 1.93. The smallest absolute Gasteiger partial charge is 0.417 e. The SMILES string of the molecule is COC(=O)c1cc(N)ncc1-c1ccccc1C(F)(F)F. The van der Waals surface area contributed by atoms with Crippen molar-refractivity contribution in [2.45, 2.75) is 6.18 Å². The van der Waals surface area contributed by atoms with Crippen LogP contribution < -0.4 is 5.73 Å². The van der Waals surface area contributed by atoms with Crippen molar-refractivity contribution in [1.29, 1.82) is 0 Å². The summed E-state index contributed by atoms with van der Waals surface area (Å²) in [6.07, 6.45) is -3.42. The van der Waals surface area contributed by atoms with E-state index >= 15 is 0 Å². The molecule has 0 unspecified atom stereocenters. The molecular weight excluding hydrogens is 285 g/mol. The van der Waals surface area contributed by atoms with Crippen LogP contribution in [0.2, 0.25) is 0 Å². The largest absolute Gasteiger partial charge is 0.465 e. The van der Waals surface area contributed by atoms with E-state index in [0.29, 0.717) is 0 Å². The molecule has 0 saturated heterocycles. The second-order valence-corrected chi connectivity index (χ2v) is 4.19. The summed E-state index contributed by atoms with van der Waals surface area (Å²) in [6, 6.07) is 6.11. The number of hydrogen-bond donors (Lipinski definition) is 1. The van der Waals surface area contributed by atoms with Crippen molar-refractivity contribution in [2.75, 3.05) is 12.8 Å². The summed E-state index contributed by atoms with van der Waals surface area (Å²) in [6.45, 7) is 0. The van der Waals surface area contributed by atoms with E-state index in [9.17, 15) is 18.0 Å². The highest BCUT2D eigenvalue weighted by molar-refractivity contribution is 5.98. The van der Waals surface area contributed by atoms with Gasteiger partial charge in [-0.1, -0.05) is 18.2 Å². The molecule has 0 amide bonds. The van der Waals surface area contributed by atoms with Crippen molar-refractivity contribution < 1.29 is 22.7 Å². The predicted molar refractivity (Wildman–Crippen MR) is 70.4 cm³/mol. The van der Waals surface area contributed by atoms with Gasteiger partial charge in [-0.15, -0.1) is 0 Å². The van der Waals surface area contributed by atoms with Crippen LogP contribution in [0.15, 0.2) is 36.5 Å². The number of nitrogens with two attached hydrogens (primary N) is 1. The number of alkyl halides is 3. The topological polar surface area (TPSA) is 65.2 Å². The number of hydrogen-bond acceptors (Lipinski definition) is 4. The van der Waals surface area contributed by atoms with Gasteiger partial charge in [0.15, 0.2) is 0 Å². The molecule has 0 saturated carbocycles. The molecule has 110 valence electrons. The molecule has 2 aromatic rings. The molecule has 0 aliphatic rings. The first-order chi connectivity index (χ1) is 9.84. The number of carbonyl (C=O) groups excluding carboxylic acids is 1. The van der Waals surface area contributed by atoms with E-state index in [1.54, 1.807) is 0 Å². The molecule has 7 heteroatoms. The third-order valence-electron chi connectivity index (χ3n) is 2.85. The normalized spacial score (nSPS) is 11.2. The molecule has 1 heterocycles. The zero-order valence-electron chi connectivity index (χ0n) is 10.9. The Hall–Kier alpha value is -2.57. The number of pyridine rings is 1. The van der Waals surface area contributed by atoms with Crippen molar-refractivity contribution in [3.05, 3.63) is 47.7 Å². The number of esters is 1. The number of ether oxygens (including phenoxy) is 1. The van der Waals surface area contributed by atoms with Gasteiger partial charge >= 0.3 is 12.1 Å². The molecule has 2 N–H and O–H groups in total. The number of benzene rings is 1. The lowest BCUT2D eigenvalue weighted by Crippen LogP contribution is -2.10. The van der Waals surface area contributed by atoms with Crippen LogP contribution in [0.4, 0.5) is 19.0 Å². The molecule has 0 spiro atoms. The molecule has 4 nitrogen and oxygen atoms in total. The summed E-state index contributed by atoms with van der Waals surface area (Å²) in [5, 5.41) is 0. The standard InChI is InChI=1S/C14H11F3N2O2/c1-21-13(20)9-6-12(18)19-7-10(9)8-4-2-3-5-11(8)14(15,16)17/h2-7H,1H3,(H2,18,19). The van der Waals surface area contributed by atoms with Crippen molar-refractivity contribution >= 4 is 11.8 Å².